The number of benzene rings is 1. The van der Waals surface area contributed by atoms with Crippen molar-refractivity contribution in [2.45, 2.75) is 33.0 Å². The summed E-state index contributed by atoms with van der Waals surface area (Å²) in [4.78, 5) is 4.28. The molecular weight excluding hydrogens is 252 g/mol. The molecule has 0 aliphatic rings. The van der Waals surface area contributed by atoms with Crippen LogP contribution >= 0.6 is 0 Å². The summed E-state index contributed by atoms with van der Waals surface area (Å²) in [5.74, 6) is 1.16. The van der Waals surface area contributed by atoms with Crippen LogP contribution in [0.15, 0.2) is 42.6 Å². The number of ether oxygens (including phenoxy) is 1. The Morgan fingerprint density at radius 1 is 1.20 bits per heavy atom. The molecule has 0 atom stereocenters. The SMILES string of the molecule is CC(C)NCc1ccc(Oc2ccccc2CO)nc1. The molecule has 1 aromatic carbocycles. The summed E-state index contributed by atoms with van der Waals surface area (Å²) < 4.78 is 5.69. The summed E-state index contributed by atoms with van der Waals surface area (Å²) in [7, 11) is 0. The van der Waals surface area contributed by atoms with E-state index in [4.69, 9.17) is 4.74 Å². The topological polar surface area (TPSA) is 54.4 Å². The second-order valence-electron chi connectivity index (χ2n) is 4.91. The number of aliphatic hydroxyl groups is 1. The van der Waals surface area contributed by atoms with E-state index < -0.39 is 0 Å². The fourth-order valence-corrected chi connectivity index (χ4v) is 1.74. The molecule has 0 fully saturated rings. The average Bonchev–Trinajstić information content (AvgIpc) is 2.47. The van der Waals surface area contributed by atoms with Gasteiger partial charge >= 0.3 is 0 Å². The van der Waals surface area contributed by atoms with Gasteiger partial charge in [-0.05, 0) is 11.6 Å². The highest BCUT2D eigenvalue weighted by molar-refractivity contribution is 5.35. The minimum atomic E-state index is -0.0490. The van der Waals surface area contributed by atoms with Gasteiger partial charge in [-0.3, -0.25) is 0 Å². The lowest BCUT2D eigenvalue weighted by Crippen LogP contribution is -2.21. The van der Waals surface area contributed by atoms with Gasteiger partial charge in [-0.1, -0.05) is 38.1 Å². The van der Waals surface area contributed by atoms with Crippen LogP contribution in [-0.4, -0.2) is 16.1 Å². The van der Waals surface area contributed by atoms with Gasteiger partial charge < -0.3 is 15.2 Å². The quantitative estimate of drug-likeness (QED) is 0.849. The van der Waals surface area contributed by atoms with Crippen LogP contribution in [-0.2, 0) is 13.2 Å². The Balaban J connectivity index is 2.03. The molecule has 0 saturated heterocycles. The minimum absolute atomic E-state index is 0.0490. The third-order valence-electron chi connectivity index (χ3n) is 2.87. The highest BCUT2D eigenvalue weighted by atomic mass is 16.5. The molecule has 0 radical (unpaired) electrons. The molecule has 4 heteroatoms. The number of nitrogens with one attached hydrogen (secondary N) is 1. The van der Waals surface area contributed by atoms with Crippen LogP contribution in [0.4, 0.5) is 0 Å². The first-order chi connectivity index (χ1) is 9.69. The zero-order valence-electron chi connectivity index (χ0n) is 11.8. The van der Waals surface area contributed by atoms with Gasteiger partial charge in [0.2, 0.25) is 5.88 Å². The van der Waals surface area contributed by atoms with E-state index in [0.29, 0.717) is 17.7 Å². The third kappa shape index (κ3) is 4.05. The Bertz CT molecular complexity index is 538. The zero-order chi connectivity index (χ0) is 14.4. The standard InChI is InChI=1S/C16H20N2O2/c1-12(2)17-9-13-7-8-16(18-10-13)20-15-6-4-3-5-14(15)11-19/h3-8,10,12,17,19H,9,11H2,1-2H3. The highest BCUT2D eigenvalue weighted by Crippen LogP contribution is 2.23. The van der Waals surface area contributed by atoms with E-state index in [9.17, 15) is 5.11 Å². The summed E-state index contributed by atoms with van der Waals surface area (Å²) in [5, 5.41) is 12.6. The van der Waals surface area contributed by atoms with Crippen molar-refractivity contribution in [1.82, 2.24) is 10.3 Å². The van der Waals surface area contributed by atoms with Crippen LogP contribution in [0.25, 0.3) is 0 Å². The fourth-order valence-electron chi connectivity index (χ4n) is 1.74. The van der Waals surface area contributed by atoms with E-state index in [2.05, 4.69) is 24.1 Å². The van der Waals surface area contributed by atoms with E-state index in [1.54, 1.807) is 6.20 Å². The maximum atomic E-state index is 9.25. The summed E-state index contributed by atoms with van der Waals surface area (Å²) in [6, 6.07) is 11.7. The van der Waals surface area contributed by atoms with E-state index in [-0.39, 0.29) is 6.61 Å². The molecule has 2 aromatic rings. The van der Waals surface area contributed by atoms with Crippen LogP contribution in [0.3, 0.4) is 0 Å². The largest absolute Gasteiger partial charge is 0.439 e. The summed E-state index contributed by atoms with van der Waals surface area (Å²) in [6.45, 7) is 4.96. The molecule has 4 nitrogen and oxygen atoms in total. The van der Waals surface area contributed by atoms with Gasteiger partial charge in [0, 0.05) is 30.4 Å². The van der Waals surface area contributed by atoms with Crippen molar-refractivity contribution < 1.29 is 9.84 Å². The van der Waals surface area contributed by atoms with Crippen molar-refractivity contribution in [2.75, 3.05) is 0 Å². The number of para-hydroxylation sites is 1. The van der Waals surface area contributed by atoms with E-state index in [0.717, 1.165) is 17.7 Å². The molecule has 0 amide bonds. The molecule has 1 aromatic heterocycles. The van der Waals surface area contributed by atoms with Gasteiger partial charge in [-0.25, -0.2) is 4.98 Å². The zero-order valence-corrected chi connectivity index (χ0v) is 11.8. The number of pyridine rings is 1. The van der Waals surface area contributed by atoms with Crippen molar-refractivity contribution in [2.24, 2.45) is 0 Å². The van der Waals surface area contributed by atoms with Gasteiger partial charge in [0.1, 0.15) is 5.75 Å². The molecule has 0 aliphatic carbocycles. The van der Waals surface area contributed by atoms with Gasteiger partial charge in [-0.15, -0.1) is 0 Å². The maximum Gasteiger partial charge on any atom is 0.219 e. The van der Waals surface area contributed by atoms with Crippen LogP contribution in [0.1, 0.15) is 25.0 Å². The van der Waals surface area contributed by atoms with Crippen molar-refractivity contribution in [3.8, 4) is 11.6 Å². The Labute approximate surface area is 119 Å². The normalized spacial score (nSPS) is 10.8. The first-order valence-electron chi connectivity index (χ1n) is 6.74. The Hall–Kier alpha value is -1.91. The lowest BCUT2D eigenvalue weighted by atomic mass is 10.2. The van der Waals surface area contributed by atoms with E-state index in [1.807, 2.05) is 36.4 Å². The first-order valence-corrected chi connectivity index (χ1v) is 6.74. The lowest BCUT2D eigenvalue weighted by molar-refractivity contribution is 0.276. The molecule has 0 unspecified atom stereocenters. The molecule has 106 valence electrons. The number of aromatic nitrogens is 1. The van der Waals surface area contributed by atoms with E-state index >= 15 is 0 Å². The Morgan fingerprint density at radius 2 is 2.00 bits per heavy atom. The van der Waals surface area contributed by atoms with Crippen LogP contribution in [0.2, 0.25) is 0 Å². The van der Waals surface area contributed by atoms with Crippen molar-refractivity contribution in [1.29, 1.82) is 0 Å². The molecular formula is C16H20N2O2. The number of hydrogen-bond acceptors (Lipinski definition) is 4. The third-order valence-corrected chi connectivity index (χ3v) is 2.87. The molecule has 1 heterocycles. The second-order valence-corrected chi connectivity index (χ2v) is 4.91. The minimum Gasteiger partial charge on any atom is -0.439 e. The number of rotatable bonds is 6. The van der Waals surface area contributed by atoms with Gasteiger partial charge in [-0.2, -0.15) is 0 Å². The first kappa shape index (κ1) is 14.5. The summed E-state index contributed by atoms with van der Waals surface area (Å²) in [5.41, 5.74) is 1.86. The maximum absolute atomic E-state index is 9.25. The fraction of sp³-hybridized carbons (Fsp3) is 0.312. The molecule has 2 N–H and O–H groups in total. The molecule has 0 spiro atoms. The van der Waals surface area contributed by atoms with Gasteiger partial charge in [0.15, 0.2) is 0 Å². The molecule has 0 aliphatic heterocycles. The highest BCUT2D eigenvalue weighted by Gasteiger charge is 2.04. The Kier molecular flexibility index (Phi) is 5.09. The molecule has 0 saturated carbocycles. The predicted octanol–water partition coefficient (Wildman–Crippen LogP) is 2.86. The van der Waals surface area contributed by atoms with Gasteiger partial charge in [0.05, 0.1) is 6.61 Å². The van der Waals surface area contributed by atoms with Crippen LogP contribution in [0.5, 0.6) is 11.6 Å². The average molecular weight is 272 g/mol. The van der Waals surface area contributed by atoms with E-state index in [1.165, 1.54) is 0 Å². The molecule has 0 bridgehead atoms. The van der Waals surface area contributed by atoms with Gasteiger partial charge in [0.25, 0.3) is 0 Å². The smallest absolute Gasteiger partial charge is 0.219 e. The molecule has 2 rings (SSSR count). The Morgan fingerprint density at radius 3 is 2.65 bits per heavy atom. The summed E-state index contributed by atoms with van der Waals surface area (Å²) in [6.07, 6.45) is 1.80. The molecule has 20 heavy (non-hydrogen) atoms. The van der Waals surface area contributed by atoms with Crippen molar-refractivity contribution in [3.63, 3.8) is 0 Å². The summed E-state index contributed by atoms with van der Waals surface area (Å²) >= 11 is 0. The lowest BCUT2D eigenvalue weighted by Gasteiger charge is -2.10. The van der Waals surface area contributed by atoms with Crippen LogP contribution in [0, 0.1) is 0 Å². The van der Waals surface area contributed by atoms with Crippen LogP contribution < -0.4 is 10.1 Å². The van der Waals surface area contributed by atoms with Crippen molar-refractivity contribution >= 4 is 0 Å². The second kappa shape index (κ2) is 7.03. The van der Waals surface area contributed by atoms with Crippen molar-refractivity contribution in [3.05, 3.63) is 53.7 Å². The number of nitrogens with zero attached hydrogens (tertiary/aromatic N) is 1. The number of hydrogen-bond donors (Lipinski definition) is 2. The predicted molar refractivity (Wildman–Crippen MR) is 78.7 cm³/mol. The number of aliphatic hydroxyl groups excluding tert-OH is 1. The monoisotopic (exact) mass is 272 g/mol.